The molecule has 1 aromatic rings. The van der Waals surface area contributed by atoms with Crippen LogP contribution >= 0.6 is 0 Å². The summed E-state index contributed by atoms with van der Waals surface area (Å²) in [5.74, 6) is -1.62. The van der Waals surface area contributed by atoms with Crippen molar-refractivity contribution in [3.05, 3.63) is 41.5 Å². The number of halogens is 3. The van der Waals surface area contributed by atoms with E-state index in [4.69, 9.17) is 0 Å². The largest absolute Gasteiger partial charge is 0.480 e. The number of aliphatic carboxylic acids is 1. The molecule has 0 amide bonds. The molecule has 3 rings (SSSR count). The zero-order chi connectivity index (χ0) is 14.5. The molecule has 1 aromatic carbocycles. The summed E-state index contributed by atoms with van der Waals surface area (Å²) in [5, 5.41) is 11.8. The second-order valence-electron chi connectivity index (χ2n) is 5.08. The Balaban J connectivity index is 2.15. The Labute approximate surface area is 113 Å². The average molecular weight is 283 g/mol. The van der Waals surface area contributed by atoms with Gasteiger partial charge in [-0.1, -0.05) is 24.3 Å². The molecular formula is C14H12F3NO2. The summed E-state index contributed by atoms with van der Waals surface area (Å²) in [5.41, 5.74) is -0.378. The van der Waals surface area contributed by atoms with E-state index in [-0.39, 0.29) is 17.5 Å². The molecule has 0 saturated carbocycles. The molecule has 3 atom stereocenters. The van der Waals surface area contributed by atoms with Gasteiger partial charge in [0.05, 0.1) is 11.3 Å². The quantitative estimate of drug-likeness (QED) is 0.778. The number of anilines is 1. The molecule has 0 radical (unpaired) electrons. The van der Waals surface area contributed by atoms with E-state index < -0.39 is 23.8 Å². The van der Waals surface area contributed by atoms with Gasteiger partial charge in [-0.15, -0.1) is 0 Å². The zero-order valence-corrected chi connectivity index (χ0v) is 10.3. The third-order valence-electron chi connectivity index (χ3n) is 3.97. The number of alkyl halides is 3. The molecule has 20 heavy (non-hydrogen) atoms. The Bertz CT molecular complexity index is 595. The fourth-order valence-corrected chi connectivity index (χ4v) is 3.10. The maximum absolute atomic E-state index is 13.0. The molecule has 0 fully saturated rings. The van der Waals surface area contributed by atoms with Crippen LogP contribution in [0.5, 0.6) is 0 Å². The van der Waals surface area contributed by atoms with Gasteiger partial charge in [0.25, 0.3) is 0 Å². The van der Waals surface area contributed by atoms with E-state index in [1.165, 1.54) is 6.07 Å². The summed E-state index contributed by atoms with van der Waals surface area (Å²) in [7, 11) is 0. The van der Waals surface area contributed by atoms with Crippen molar-refractivity contribution in [2.45, 2.75) is 24.6 Å². The first-order chi connectivity index (χ1) is 9.39. The van der Waals surface area contributed by atoms with Crippen molar-refractivity contribution in [1.82, 2.24) is 0 Å². The molecular weight excluding hydrogens is 271 g/mol. The highest BCUT2D eigenvalue weighted by molar-refractivity contribution is 5.81. The summed E-state index contributed by atoms with van der Waals surface area (Å²) < 4.78 is 39.1. The third kappa shape index (κ3) is 1.87. The molecule has 0 spiro atoms. The van der Waals surface area contributed by atoms with E-state index in [1.807, 2.05) is 6.08 Å². The SMILES string of the molecule is O=C(O)[C@@H]1Nc2c(cccc2C(F)(F)F)[C@H]2C=CC[C@H]21. The minimum Gasteiger partial charge on any atom is -0.480 e. The highest BCUT2D eigenvalue weighted by atomic mass is 19.4. The molecule has 0 saturated heterocycles. The normalized spacial score (nSPS) is 27.6. The van der Waals surface area contributed by atoms with Crippen LogP contribution in [0, 0.1) is 5.92 Å². The topological polar surface area (TPSA) is 49.3 Å². The number of hydrogen-bond donors (Lipinski definition) is 2. The second kappa shape index (κ2) is 4.26. The molecule has 0 bridgehead atoms. The van der Waals surface area contributed by atoms with Gasteiger partial charge in [-0.25, -0.2) is 4.79 Å². The van der Waals surface area contributed by atoms with E-state index in [0.717, 1.165) is 6.07 Å². The lowest BCUT2D eigenvalue weighted by Crippen LogP contribution is -2.42. The summed E-state index contributed by atoms with van der Waals surface area (Å²) >= 11 is 0. The van der Waals surface area contributed by atoms with Crippen LogP contribution in [0.4, 0.5) is 18.9 Å². The molecule has 1 aliphatic carbocycles. The van der Waals surface area contributed by atoms with Crippen LogP contribution in [-0.2, 0) is 11.0 Å². The summed E-state index contributed by atoms with van der Waals surface area (Å²) in [6.07, 6.45) is -0.302. The van der Waals surface area contributed by atoms with Gasteiger partial charge in [0.1, 0.15) is 6.04 Å². The Morgan fingerprint density at radius 1 is 1.35 bits per heavy atom. The van der Waals surface area contributed by atoms with Crippen LogP contribution in [0.2, 0.25) is 0 Å². The smallest absolute Gasteiger partial charge is 0.418 e. The monoisotopic (exact) mass is 283 g/mol. The van der Waals surface area contributed by atoms with Gasteiger partial charge in [0, 0.05) is 11.8 Å². The maximum atomic E-state index is 13.0. The fourth-order valence-electron chi connectivity index (χ4n) is 3.10. The van der Waals surface area contributed by atoms with E-state index in [0.29, 0.717) is 12.0 Å². The number of fused-ring (bicyclic) bond motifs is 3. The molecule has 1 aliphatic heterocycles. The van der Waals surface area contributed by atoms with Crippen LogP contribution in [0.1, 0.15) is 23.5 Å². The van der Waals surface area contributed by atoms with Crippen molar-refractivity contribution < 1.29 is 23.1 Å². The Morgan fingerprint density at radius 3 is 2.75 bits per heavy atom. The summed E-state index contributed by atoms with van der Waals surface area (Å²) in [6.45, 7) is 0. The number of carboxylic acids is 1. The lowest BCUT2D eigenvalue weighted by Gasteiger charge is -2.36. The maximum Gasteiger partial charge on any atom is 0.418 e. The predicted octanol–water partition coefficient (Wildman–Crippen LogP) is 3.24. The number of carbonyl (C=O) groups is 1. The van der Waals surface area contributed by atoms with Gasteiger partial charge >= 0.3 is 12.1 Å². The number of rotatable bonds is 1. The minimum absolute atomic E-state index is 0.0970. The van der Waals surface area contributed by atoms with E-state index in [9.17, 15) is 23.1 Å². The van der Waals surface area contributed by atoms with E-state index in [2.05, 4.69) is 5.32 Å². The number of benzene rings is 1. The predicted molar refractivity (Wildman–Crippen MR) is 66.5 cm³/mol. The number of carboxylic acid groups (broad SMARTS) is 1. The molecule has 3 nitrogen and oxygen atoms in total. The highest BCUT2D eigenvalue weighted by Crippen LogP contribution is 2.48. The number of hydrogen-bond acceptors (Lipinski definition) is 2. The fraction of sp³-hybridized carbons (Fsp3) is 0.357. The third-order valence-corrected chi connectivity index (χ3v) is 3.97. The molecule has 2 N–H and O–H groups in total. The van der Waals surface area contributed by atoms with Crippen molar-refractivity contribution in [3.63, 3.8) is 0 Å². The van der Waals surface area contributed by atoms with Crippen LogP contribution in [0.25, 0.3) is 0 Å². The standard InChI is InChI=1S/C14H12F3NO2/c15-14(16,17)10-6-2-5-8-7-3-1-4-9(7)12(13(19)20)18-11(8)10/h1-3,5-7,9,12,18H,4H2,(H,19,20)/t7-,9-,12-/m1/s1. The lowest BCUT2D eigenvalue weighted by atomic mass is 9.78. The Morgan fingerprint density at radius 2 is 2.10 bits per heavy atom. The number of para-hydroxylation sites is 1. The first-order valence-corrected chi connectivity index (χ1v) is 6.25. The van der Waals surface area contributed by atoms with E-state index in [1.54, 1.807) is 12.1 Å². The second-order valence-corrected chi connectivity index (χ2v) is 5.08. The first-order valence-electron chi connectivity index (χ1n) is 6.25. The highest BCUT2D eigenvalue weighted by Gasteiger charge is 2.44. The lowest BCUT2D eigenvalue weighted by molar-refractivity contribution is -0.140. The van der Waals surface area contributed by atoms with Gasteiger partial charge in [-0.2, -0.15) is 13.2 Å². The zero-order valence-electron chi connectivity index (χ0n) is 10.3. The molecule has 0 unspecified atom stereocenters. The first kappa shape index (κ1) is 13.0. The molecule has 1 heterocycles. The summed E-state index contributed by atoms with van der Waals surface area (Å²) in [4.78, 5) is 11.3. The molecule has 2 aliphatic rings. The molecule has 0 aromatic heterocycles. The summed E-state index contributed by atoms with van der Waals surface area (Å²) in [6, 6.07) is 2.98. The van der Waals surface area contributed by atoms with Gasteiger partial charge in [0.2, 0.25) is 0 Å². The van der Waals surface area contributed by atoms with Gasteiger partial charge in [0.15, 0.2) is 0 Å². The Hall–Kier alpha value is -1.98. The van der Waals surface area contributed by atoms with Crippen LogP contribution in [0.3, 0.4) is 0 Å². The van der Waals surface area contributed by atoms with Crippen molar-refractivity contribution in [2.24, 2.45) is 5.92 Å². The van der Waals surface area contributed by atoms with Crippen molar-refractivity contribution in [2.75, 3.05) is 5.32 Å². The van der Waals surface area contributed by atoms with Crippen molar-refractivity contribution in [3.8, 4) is 0 Å². The molecule has 106 valence electrons. The van der Waals surface area contributed by atoms with Crippen LogP contribution in [0.15, 0.2) is 30.4 Å². The van der Waals surface area contributed by atoms with E-state index >= 15 is 0 Å². The van der Waals surface area contributed by atoms with Crippen molar-refractivity contribution in [1.29, 1.82) is 0 Å². The Kier molecular flexibility index (Phi) is 2.77. The minimum atomic E-state index is -4.50. The van der Waals surface area contributed by atoms with Crippen molar-refractivity contribution >= 4 is 11.7 Å². The number of allylic oxidation sites excluding steroid dienone is 2. The number of nitrogens with one attached hydrogen (secondary N) is 1. The van der Waals surface area contributed by atoms with Gasteiger partial charge in [-0.05, 0) is 18.1 Å². The molecule has 6 heteroatoms. The van der Waals surface area contributed by atoms with Crippen LogP contribution < -0.4 is 5.32 Å². The van der Waals surface area contributed by atoms with Gasteiger partial charge < -0.3 is 10.4 Å². The average Bonchev–Trinajstić information content (AvgIpc) is 2.84. The van der Waals surface area contributed by atoms with Gasteiger partial charge in [-0.3, -0.25) is 0 Å². The van der Waals surface area contributed by atoms with Crippen LogP contribution in [-0.4, -0.2) is 17.1 Å².